The zero-order valence-electron chi connectivity index (χ0n) is 13.9. The third-order valence-electron chi connectivity index (χ3n) is 4.70. The molecule has 0 bridgehead atoms. The maximum Gasteiger partial charge on any atom is 0.118 e. The lowest BCUT2D eigenvalue weighted by Crippen LogP contribution is -2.44. The Morgan fingerprint density at radius 2 is 2.05 bits per heavy atom. The highest BCUT2D eigenvalue weighted by molar-refractivity contribution is 5.28. The molecule has 0 spiro atoms. The summed E-state index contributed by atoms with van der Waals surface area (Å²) in [6.45, 7) is 10.4. The van der Waals surface area contributed by atoms with E-state index in [1.165, 1.54) is 24.9 Å². The van der Waals surface area contributed by atoms with Gasteiger partial charge in [0.25, 0.3) is 0 Å². The number of benzene rings is 1. The molecule has 3 heteroatoms. The topological polar surface area (TPSA) is 24.5 Å². The van der Waals surface area contributed by atoms with Gasteiger partial charge in [0.1, 0.15) is 5.75 Å². The normalized spacial score (nSPS) is 25.9. The Morgan fingerprint density at radius 3 is 2.67 bits per heavy atom. The van der Waals surface area contributed by atoms with Gasteiger partial charge in [-0.25, -0.2) is 0 Å². The number of ether oxygens (including phenoxy) is 1. The SMILES string of the molecule is CCC1CCN(C(C)c2ccc(OC)cc2)CC(C)CN1. The molecule has 3 unspecified atom stereocenters. The van der Waals surface area contributed by atoms with Crippen LogP contribution in [0, 0.1) is 5.92 Å². The molecule has 1 aliphatic heterocycles. The minimum absolute atomic E-state index is 0.467. The second-order valence-corrected chi connectivity index (χ2v) is 6.35. The van der Waals surface area contributed by atoms with E-state index < -0.39 is 0 Å². The number of nitrogens with zero attached hydrogens (tertiary/aromatic N) is 1. The van der Waals surface area contributed by atoms with Gasteiger partial charge in [-0.3, -0.25) is 4.90 Å². The maximum atomic E-state index is 5.25. The van der Waals surface area contributed by atoms with Gasteiger partial charge in [-0.2, -0.15) is 0 Å². The molecular weight excluding hydrogens is 260 g/mol. The van der Waals surface area contributed by atoms with E-state index in [0.717, 1.165) is 18.8 Å². The first-order valence-corrected chi connectivity index (χ1v) is 8.25. The summed E-state index contributed by atoms with van der Waals surface area (Å²) in [5, 5.41) is 3.69. The lowest BCUT2D eigenvalue weighted by atomic mass is 10.0. The summed E-state index contributed by atoms with van der Waals surface area (Å²) in [6, 6.07) is 9.66. The van der Waals surface area contributed by atoms with Crippen molar-refractivity contribution < 1.29 is 4.74 Å². The lowest BCUT2D eigenvalue weighted by molar-refractivity contribution is 0.153. The molecule has 1 aromatic carbocycles. The van der Waals surface area contributed by atoms with E-state index in [1.54, 1.807) is 7.11 Å². The van der Waals surface area contributed by atoms with Crippen LogP contribution in [0.4, 0.5) is 0 Å². The van der Waals surface area contributed by atoms with E-state index in [2.05, 4.69) is 55.3 Å². The molecule has 1 aromatic rings. The van der Waals surface area contributed by atoms with Crippen LogP contribution in [-0.4, -0.2) is 37.7 Å². The molecule has 1 N–H and O–H groups in total. The Hall–Kier alpha value is -1.06. The smallest absolute Gasteiger partial charge is 0.118 e. The summed E-state index contributed by atoms with van der Waals surface area (Å²) in [6.07, 6.45) is 2.46. The summed E-state index contributed by atoms with van der Waals surface area (Å²) >= 11 is 0. The van der Waals surface area contributed by atoms with Crippen molar-refractivity contribution in [3.05, 3.63) is 29.8 Å². The van der Waals surface area contributed by atoms with Crippen molar-refractivity contribution in [3.8, 4) is 5.75 Å². The maximum absolute atomic E-state index is 5.25. The first kappa shape index (κ1) is 16.3. The Labute approximate surface area is 129 Å². The van der Waals surface area contributed by atoms with Gasteiger partial charge in [0.2, 0.25) is 0 Å². The molecule has 1 saturated heterocycles. The van der Waals surface area contributed by atoms with Gasteiger partial charge in [-0.15, -0.1) is 0 Å². The van der Waals surface area contributed by atoms with Crippen molar-refractivity contribution in [2.75, 3.05) is 26.7 Å². The quantitative estimate of drug-likeness (QED) is 0.919. The Bertz CT molecular complexity index is 418. The molecule has 3 atom stereocenters. The van der Waals surface area contributed by atoms with E-state index in [4.69, 9.17) is 4.74 Å². The van der Waals surface area contributed by atoms with Gasteiger partial charge < -0.3 is 10.1 Å². The minimum atomic E-state index is 0.467. The number of hydrogen-bond donors (Lipinski definition) is 1. The molecular formula is C18H30N2O. The predicted molar refractivity (Wildman–Crippen MR) is 88.8 cm³/mol. The average molecular weight is 290 g/mol. The molecule has 2 rings (SSSR count). The van der Waals surface area contributed by atoms with Crippen LogP contribution in [0.5, 0.6) is 5.75 Å². The standard InChI is InChI=1S/C18H30N2O/c1-5-17-10-11-20(13-14(2)12-19-17)15(3)16-6-8-18(21-4)9-7-16/h6-9,14-15,17,19H,5,10-13H2,1-4H3. The fourth-order valence-electron chi connectivity index (χ4n) is 3.14. The van der Waals surface area contributed by atoms with Crippen LogP contribution in [0.3, 0.4) is 0 Å². The highest BCUT2D eigenvalue weighted by atomic mass is 16.5. The first-order chi connectivity index (χ1) is 10.1. The van der Waals surface area contributed by atoms with Crippen LogP contribution in [0.25, 0.3) is 0 Å². The van der Waals surface area contributed by atoms with Gasteiger partial charge in [0.05, 0.1) is 7.11 Å². The van der Waals surface area contributed by atoms with Gasteiger partial charge in [-0.05, 0) is 49.9 Å². The highest BCUT2D eigenvalue weighted by Gasteiger charge is 2.22. The second-order valence-electron chi connectivity index (χ2n) is 6.35. The highest BCUT2D eigenvalue weighted by Crippen LogP contribution is 2.25. The molecule has 0 radical (unpaired) electrons. The van der Waals surface area contributed by atoms with Gasteiger partial charge >= 0.3 is 0 Å². The van der Waals surface area contributed by atoms with Crippen LogP contribution < -0.4 is 10.1 Å². The number of nitrogens with one attached hydrogen (secondary N) is 1. The summed E-state index contributed by atoms with van der Waals surface area (Å²) in [5.74, 6) is 1.63. The molecule has 1 fully saturated rings. The molecule has 0 aromatic heterocycles. The fraction of sp³-hybridized carbons (Fsp3) is 0.667. The van der Waals surface area contributed by atoms with E-state index in [1.807, 2.05) is 0 Å². The Kier molecular flexibility index (Phi) is 6.07. The third kappa shape index (κ3) is 4.45. The molecule has 1 heterocycles. The molecule has 0 amide bonds. The predicted octanol–water partition coefficient (Wildman–Crippen LogP) is 3.47. The monoisotopic (exact) mass is 290 g/mol. The van der Waals surface area contributed by atoms with Crippen LogP contribution in [0.1, 0.15) is 45.2 Å². The molecule has 0 saturated carbocycles. The third-order valence-corrected chi connectivity index (χ3v) is 4.70. The van der Waals surface area contributed by atoms with E-state index >= 15 is 0 Å². The molecule has 3 nitrogen and oxygen atoms in total. The largest absolute Gasteiger partial charge is 0.497 e. The van der Waals surface area contributed by atoms with Crippen molar-refractivity contribution in [1.82, 2.24) is 10.2 Å². The lowest BCUT2D eigenvalue weighted by Gasteiger charge is -2.36. The van der Waals surface area contributed by atoms with Crippen molar-refractivity contribution in [1.29, 1.82) is 0 Å². The van der Waals surface area contributed by atoms with Crippen LogP contribution in [0.15, 0.2) is 24.3 Å². The van der Waals surface area contributed by atoms with E-state index in [0.29, 0.717) is 18.0 Å². The Balaban J connectivity index is 2.05. The van der Waals surface area contributed by atoms with E-state index in [-0.39, 0.29) is 0 Å². The Morgan fingerprint density at radius 1 is 1.33 bits per heavy atom. The van der Waals surface area contributed by atoms with Crippen molar-refractivity contribution >= 4 is 0 Å². The first-order valence-electron chi connectivity index (χ1n) is 8.25. The summed E-state index contributed by atoms with van der Waals surface area (Å²) in [5.41, 5.74) is 1.38. The molecule has 21 heavy (non-hydrogen) atoms. The zero-order chi connectivity index (χ0) is 15.2. The van der Waals surface area contributed by atoms with Gasteiger partial charge in [0, 0.05) is 25.2 Å². The zero-order valence-corrected chi connectivity index (χ0v) is 13.9. The van der Waals surface area contributed by atoms with Crippen molar-refractivity contribution in [2.45, 2.75) is 45.7 Å². The van der Waals surface area contributed by atoms with Crippen molar-refractivity contribution in [3.63, 3.8) is 0 Å². The number of methoxy groups -OCH3 is 1. The summed E-state index contributed by atoms with van der Waals surface area (Å²) in [4.78, 5) is 2.63. The van der Waals surface area contributed by atoms with Crippen LogP contribution in [0.2, 0.25) is 0 Å². The molecule has 0 aliphatic carbocycles. The average Bonchev–Trinajstić information content (AvgIpc) is 2.51. The van der Waals surface area contributed by atoms with Crippen LogP contribution in [-0.2, 0) is 0 Å². The van der Waals surface area contributed by atoms with Gasteiger partial charge in [-0.1, -0.05) is 26.0 Å². The number of rotatable bonds is 4. The number of hydrogen-bond acceptors (Lipinski definition) is 3. The summed E-state index contributed by atoms with van der Waals surface area (Å²) < 4.78 is 5.25. The minimum Gasteiger partial charge on any atom is -0.497 e. The van der Waals surface area contributed by atoms with Gasteiger partial charge in [0.15, 0.2) is 0 Å². The van der Waals surface area contributed by atoms with Crippen LogP contribution >= 0.6 is 0 Å². The second kappa shape index (κ2) is 7.81. The van der Waals surface area contributed by atoms with Crippen molar-refractivity contribution in [2.24, 2.45) is 5.92 Å². The fourth-order valence-corrected chi connectivity index (χ4v) is 3.14. The molecule has 118 valence electrons. The summed E-state index contributed by atoms with van der Waals surface area (Å²) in [7, 11) is 1.72. The van der Waals surface area contributed by atoms with E-state index in [9.17, 15) is 0 Å². The molecule has 1 aliphatic rings.